The van der Waals surface area contributed by atoms with Crippen molar-refractivity contribution in [3.05, 3.63) is 54.1 Å². The highest BCUT2D eigenvalue weighted by Gasteiger charge is 2.43. The molecule has 0 unspecified atom stereocenters. The van der Waals surface area contributed by atoms with Crippen LogP contribution in [0.2, 0.25) is 0 Å². The average molecular weight is 286 g/mol. The molecular weight excluding hydrogens is 272 g/mol. The standard InChI is InChI=1S/C16H14O5/c1-16(14(18)19,15(20)21)11-7-8-12(13(17)9-11)10-5-3-2-4-6-10/h2-9,17H,1H3,(H,18,19)(H,20,21). The predicted octanol–water partition coefficient (Wildman–Crippen LogP) is 2.49. The molecule has 0 aliphatic rings. The zero-order valence-corrected chi connectivity index (χ0v) is 11.3. The Morgan fingerprint density at radius 1 is 0.952 bits per heavy atom. The van der Waals surface area contributed by atoms with E-state index in [0.29, 0.717) is 5.56 Å². The van der Waals surface area contributed by atoms with Crippen molar-refractivity contribution in [3.8, 4) is 16.9 Å². The summed E-state index contributed by atoms with van der Waals surface area (Å²) in [6.45, 7) is 1.09. The second kappa shape index (κ2) is 5.28. The summed E-state index contributed by atoms with van der Waals surface area (Å²) in [6, 6.07) is 13.1. The van der Waals surface area contributed by atoms with Crippen LogP contribution in [0.4, 0.5) is 0 Å². The lowest BCUT2D eigenvalue weighted by Crippen LogP contribution is -2.40. The van der Waals surface area contributed by atoms with Gasteiger partial charge in [0.1, 0.15) is 5.75 Å². The molecule has 0 aliphatic carbocycles. The Kier molecular flexibility index (Phi) is 3.67. The summed E-state index contributed by atoms with van der Waals surface area (Å²) < 4.78 is 0. The number of carboxylic acids is 2. The predicted molar refractivity (Wildman–Crippen MR) is 76.2 cm³/mol. The van der Waals surface area contributed by atoms with Crippen LogP contribution >= 0.6 is 0 Å². The molecule has 0 atom stereocenters. The minimum absolute atomic E-state index is 0.0136. The van der Waals surface area contributed by atoms with Crippen LogP contribution in [0.1, 0.15) is 12.5 Å². The maximum atomic E-state index is 11.3. The molecule has 2 rings (SSSR count). The van der Waals surface area contributed by atoms with Crippen LogP contribution < -0.4 is 0 Å². The Morgan fingerprint density at radius 2 is 1.52 bits per heavy atom. The minimum Gasteiger partial charge on any atom is -0.507 e. The van der Waals surface area contributed by atoms with Gasteiger partial charge in [-0.1, -0.05) is 42.5 Å². The average Bonchev–Trinajstić information content (AvgIpc) is 2.46. The van der Waals surface area contributed by atoms with E-state index in [1.165, 1.54) is 18.2 Å². The number of carbonyl (C=O) groups is 2. The van der Waals surface area contributed by atoms with Gasteiger partial charge in [-0.3, -0.25) is 9.59 Å². The van der Waals surface area contributed by atoms with Gasteiger partial charge in [0.25, 0.3) is 0 Å². The highest BCUT2D eigenvalue weighted by molar-refractivity contribution is 6.04. The first kappa shape index (κ1) is 14.6. The molecule has 0 heterocycles. The first-order chi connectivity index (χ1) is 9.87. The van der Waals surface area contributed by atoms with Gasteiger partial charge in [0.15, 0.2) is 5.41 Å². The fourth-order valence-corrected chi connectivity index (χ4v) is 2.04. The molecule has 0 saturated heterocycles. The van der Waals surface area contributed by atoms with Crippen molar-refractivity contribution in [3.63, 3.8) is 0 Å². The summed E-state index contributed by atoms with van der Waals surface area (Å²) in [5.74, 6) is -3.13. The number of carboxylic acid groups (broad SMARTS) is 2. The molecule has 5 nitrogen and oxygen atoms in total. The van der Waals surface area contributed by atoms with E-state index in [4.69, 9.17) is 0 Å². The third-order valence-corrected chi connectivity index (χ3v) is 3.52. The van der Waals surface area contributed by atoms with Gasteiger partial charge in [-0.25, -0.2) is 0 Å². The van der Waals surface area contributed by atoms with Gasteiger partial charge in [0, 0.05) is 5.56 Å². The summed E-state index contributed by atoms with van der Waals surface area (Å²) >= 11 is 0. The molecule has 0 aliphatic heterocycles. The summed E-state index contributed by atoms with van der Waals surface area (Å²) in [5.41, 5.74) is -0.821. The molecule has 0 amide bonds. The van der Waals surface area contributed by atoms with Crippen LogP contribution in [-0.2, 0) is 15.0 Å². The van der Waals surface area contributed by atoms with E-state index in [-0.39, 0.29) is 11.3 Å². The number of hydrogen-bond acceptors (Lipinski definition) is 3. The quantitative estimate of drug-likeness (QED) is 0.750. The molecule has 0 saturated carbocycles. The molecule has 108 valence electrons. The second-order valence-electron chi connectivity index (χ2n) is 4.83. The number of hydrogen-bond donors (Lipinski definition) is 3. The lowest BCUT2D eigenvalue weighted by Gasteiger charge is -2.21. The van der Waals surface area contributed by atoms with Crippen molar-refractivity contribution in [2.45, 2.75) is 12.3 Å². The summed E-state index contributed by atoms with van der Waals surface area (Å²) in [6.07, 6.45) is 0. The SMILES string of the molecule is CC(C(=O)O)(C(=O)O)c1ccc(-c2ccccc2)c(O)c1. The normalized spacial score (nSPS) is 11.1. The lowest BCUT2D eigenvalue weighted by atomic mass is 9.82. The Morgan fingerprint density at radius 3 is 2.00 bits per heavy atom. The van der Waals surface area contributed by atoms with Crippen LogP contribution in [0.25, 0.3) is 11.1 Å². The number of rotatable bonds is 4. The van der Waals surface area contributed by atoms with Crippen LogP contribution in [0, 0.1) is 0 Å². The number of aromatic hydroxyl groups is 1. The first-order valence-electron chi connectivity index (χ1n) is 6.23. The second-order valence-corrected chi connectivity index (χ2v) is 4.83. The van der Waals surface area contributed by atoms with Crippen LogP contribution in [0.5, 0.6) is 5.75 Å². The number of aliphatic carboxylic acids is 2. The summed E-state index contributed by atoms with van der Waals surface area (Å²) in [4.78, 5) is 22.5. The Hall–Kier alpha value is -2.82. The van der Waals surface area contributed by atoms with Crippen molar-refractivity contribution in [1.29, 1.82) is 0 Å². The van der Waals surface area contributed by atoms with Crippen molar-refractivity contribution in [2.24, 2.45) is 0 Å². The van der Waals surface area contributed by atoms with Crippen LogP contribution in [0.3, 0.4) is 0 Å². The zero-order valence-electron chi connectivity index (χ0n) is 11.3. The maximum absolute atomic E-state index is 11.3. The van der Waals surface area contributed by atoms with Crippen molar-refractivity contribution in [1.82, 2.24) is 0 Å². The van der Waals surface area contributed by atoms with Gasteiger partial charge in [-0.2, -0.15) is 0 Å². The van der Waals surface area contributed by atoms with E-state index < -0.39 is 17.4 Å². The Labute approximate surface area is 121 Å². The van der Waals surface area contributed by atoms with Gasteiger partial charge in [0.2, 0.25) is 0 Å². The van der Waals surface area contributed by atoms with Gasteiger partial charge in [-0.15, -0.1) is 0 Å². The maximum Gasteiger partial charge on any atom is 0.325 e. The molecule has 0 spiro atoms. The topological polar surface area (TPSA) is 94.8 Å². The van der Waals surface area contributed by atoms with E-state index in [2.05, 4.69) is 0 Å². The lowest BCUT2D eigenvalue weighted by molar-refractivity contribution is -0.156. The molecule has 3 N–H and O–H groups in total. The molecule has 5 heteroatoms. The van der Waals surface area contributed by atoms with E-state index in [1.54, 1.807) is 24.3 Å². The highest BCUT2D eigenvalue weighted by atomic mass is 16.4. The number of phenols is 1. The monoisotopic (exact) mass is 286 g/mol. The van der Waals surface area contributed by atoms with Gasteiger partial charge in [-0.05, 0) is 24.1 Å². The summed E-state index contributed by atoms with van der Waals surface area (Å²) in [5, 5.41) is 28.4. The third kappa shape index (κ3) is 2.45. The van der Waals surface area contributed by atoms with Gasteiger partial charge >= 0.3 is 11.9 Å². The molecule has 21 heavy (non-hydrogen) atoms. The number of benzene rings is 2. The molecule has 0 radical (unpaired) electrons. The smallest absolute Gasteiger partial charge is 0.325 e. The minimum atomic E-state index is -2.10. The van der Waals surface area contributed by atoms with Crippen molar-refractivity contribution >= 4 is 11.9 Å². The Balaban J connectivity index is 2.54. The van der Waals surface area contributed by atoms with E-state index in [9.17, 15) is 24.9 Å². The van der Waals surface area contributed by atoms with Crippen LogP contribution in [0.15, 0.2) is 48.5 Å². The van der Waals surface area contributed by atoms with E-state index >= 15 is 0 Å². The largest absolute Gasteiger partial charge is 0.507 e. The van der Waals surface area contributed by atoms with E-state index in [0.717, 1.165) is 12.5 Å². The fourth-order valence-electron chi connectivity index (χ4n) is 2.04. The molecule has 0 aromatic heterocycles. The van der Waals surface area contributed by atoms with Crippen molar-refractivity contribution < 1.29 is 24.9 Å². The summed E-state index contributed by atoms with van der Waals surface area (Å²) in [7, 11) is 0. The van der Waals surface area contributed by atoms with E-state index in [1.807, 2.05) is 6.07 Å². The molecule has 2 aromatic carbocycles. The molecule has 2 aromatic rings. The molecule has 0 fully saturated rings. The zero-order chi connectivity index (χ0) is 15.6. The number of phenolic OH excluding ortho intramolecular Hbond substituents is 1. The Bertz CT molecular complexity index is 677. The molecule has 0 bridgehead atoms. The third-order valence-electron chi connectivity index (χ3n) is 3.52. The van der Waals surface area contributed by atoms with Crippen LogP contribution in [-0.4, -0.2) is 27.3 Å². The van der Waals surface area contributed by atoms with Gasteiger partial charge < -0.3 is 15.3 Å². The highest BCUT2D eigenvalue weighted by Crippen LogP contribution is 2.34. The van der Waals surface area contributed by atoms with Gasteiger partial charge in [0.05, 0.1) is 0 Å². The van der Waals surface area contributed by atoms with Crippen molar-refractivity contribution in [2.75, 3.05) is 0 Å². The fraction of sp³-hybridized carbons (Fsp3) is 0.125. The first-order valence-corrected chi connectivity index (χ1v) is 6.23. The molecular formula is C16H14O5.